The maximum Gasteiger partial charge on any atom is 0.258 e. The maximum atomic E-state index is 12.0. The van der Waals surface area contributed by atoms with Crippen molar-refractivity contribution in [1.29, 1.82) is 0 Å². The number of anilines is 1. The summed E-state index contributed by atoms with van der Waals surface area (Å²) in [6, 6.07) is 7.42. The number of hydrogen-bond acceptors (Lipinski definition) is 6. The second-order valence-corrected chi connectivity index (χ2v) is 5.85. The van der Waals surface area contributed by atoms with Crippen LogP contribution in [0.5, 0.6) is 0 Å². The van der Waals surface area contributed by atoms with E-state index in [1.54, 1.807) is 35.2 Å². The molecular weight excluding hydrogens is 306 g/mol. The van der Waals surface area contributed by atoms with E-state index in [-0.39, 0.29) is 5.91 Å². The summed E-state index contributed by atoms with van der Waals surface area (Å²) in [5.41, 5.74) is 3.47. The third kappa shape index (κ3) is 3.67. The van der Waals surface area contributed by atoms with Crippen LogP contribution in [0.4, 0.5) is 5.95 Å². The van der Waals surface area contributed by atoms with Gasteiger partial charge in [-0.2, -0.15) is 10.1 Å². The molecule has 0 aliphatic carbocycles. The molecule has 2 N–H and O–H groups in total. The Morgan fingerprint density at radius 3 is 2.81 bits per heavy atom. The van der Waals surface area contributed by atoms with Crippen LogP contribution < -0.4 is 5.32 Å². The van der Waals surface area contributed by atoms with Crippen LogP contribution in [-0.4, -0.2) is 26.1 Å². The lowest BCUT2D eigenvalue weighted by molar-refractivity contribution is 0.102. The Kier molecular flexibility index (Phi) is 4.27. The number of aromatic amines is 1. The normalized spacial score (nSPS) is 10.5. The van der Waals surface area contributed by atoms with Crippen LogP contribution in [0.25, 0.3) is 0 Å². The molecule has 0 aliphatic heterocycles. The molecule has 2 aromatic heterocycles. The molecule has 21 heavy (non-hydrogen) atoms. The highest BCUT2D eigenvalue weighted by Crippen LogP contribution is 2.23. The lowest BCUT2D eigenvalue weighted by Crippen LogP contribution is -2.12. The highest BCUT2D eigenvalue weighted by molar-refractivity contribution is 7.98. The van der Waals surface area contributed by atoms with Gasteiger partial charge in [0.2, 0.25) is 5.95 Å². The van der Waals surface area contributed by atoms with Gasteiger partial charge in [0.25, 0.3) is 5.91 Å². The van der Waals surface area contributed by atoms with E-state index in [0.29, 0.717) is 11.5 Å². The first-order valence-corrected chi connectivity index (χ1v) is 8.01. The molecule has 106 valence electrons. The van der Waals surface area contributed by atoms with Gasteiger partial charge < -0.3 is 0 Å². The van der Waals surface area contributed by atoms with Gasteiger partial charge in [0.15, 0.2) is 0 Å². The molecule has 1 amide bonds. The highest BCUT2D eigenvalue weighted by Gasteiger charge is 2.07. The molecule has 8 heteroatoms. The molecule has 3 rings (SSSR count). The van der Waals surface area contributed by atoms with Crippen LogP contribution in [0.15, 0.2) is 46.4 Å². The molecule has 3 aromatic rings. The number of H-pyrrole nitrogens is 1. The Morgan fingerprint density at radius 1 is 1.29 bits per heavy atom. The first kappa shape index (κ1) is 13.8. The van der Waals surface area contributed by atoms with E-state index in [4.69, 9.17) is 0 Å². The number of benzene rings is 1. The number of thioether (sulfide) groups is 1. The SMILES string of the molecule is O=C(Nc1ncn[nH]1)c1ccc(SCc2cscn2)cc1. The molecule has 2 heterocycles. The summed E-state index contributed by atoms with van der Waals surface area (Å²) in [7, 11) is 0. The Labute approximate surface area is 129 Å². The summed E-state index contributed by atoms with van der Waals surface area (Å²) in [5.74, 6) is 0.942. The van der Waals surface area contributed by atoms with Gasteiger partial charge in [-0.1, -0.05) is 0 Å². The first-order valence-electron chi connectivity index (χ1n) is 6.08. The Bertz CT molecular complexity index is 695. The van der Waals surface area contributed by atoms with Crippen LogP contribution >= 0.6 is 23.1 Å². The third-order valence-corrected chi connectivity index (χ3v) is 4.31. The molecule has 0 atom stereocenters. The molecule has 0 bridgehead atoms. The maximum absolute atomic E-state index is 12.0. The fourth-order valence-corrected chi connectivity index (χ4v) is 3.08. The van der Waals surface area contributed by atoms with Crippen molar-refractivity contribution in [2.24, 2.45) is 0 Å². The predicted molar refractivity (Wildman–Crippen MR) is 82.5 cm³/mol. The van der Waals surface area contributed by atoms with Gasteiger partial charge in [0.05, 0.1) is 11.2 Å². The second kappa shape index (κ2) is 6.51. The summed E-state index contributed by atoms with van der Waals surface area (Å²) in [6.45, 7) is 0. The molecule has 0 saturated heterocycles. The highest BCUT2D eigenvalue weighted by atomic mass is 32.2. The second-order valence-electron chi connectivity index (χ2n) is 4.08. The molecule has 0 unspecified atom stereocenters. The van der Waals surface area contributed by atoms with E-state index in [2.05, 4.69) is 25.5 Å². The Morgan fingerprint density at radius 2 is 2.14 bits per heavy atom. The smallest absolute Gasteiger partial charge is 0.258 e. The zero-order valence-electron chi connectivity index (χ0n) is 10.8. The summed E-state index contributed by atoms with van der Waals surface area (Å²) >= 11 is 3.28. The van der Waals surface area contributed by atoms with Gasteiger partial charge in [-0.05, 0) is 24.3 Å². The summed E-state index contributed by atoms with van der Waals surface area (Å²) in [4.78, 5) is 21.1. The first-order chi connectivity index (χ1) is 10.3. The van der Waals surface area contributed by atoms with Gasteiger partial charge >= 0.3 is 0 Å². The summed E-state index contributed by atoms with van der Waals surface area (Å²) < 4.78 is 0. The number of carbonyl (C=O) groups is 1. The number of amides is 1. The number of nitrogens with one attached hydrogen (secondary N) is 2. The molecule has 1 aromatic carbocycles. The number of rotatable bonds is 5. The molecule has 0 fully saturated rings. The van der Waals surface area contributed by atoms with Crippen molar-refractivity contribution in [3.05, 3.63) is 52.7 Å². The minimum atomic E-state index is -0.220. The number of thiazole rings is 1. The molecule has 0 spiro atoms. The number of carbonyl (C=O) groups excluding carboxylic acids is 1. The van der Waals surface area contributed by atoms with Crippen molar-refractivity contribution >= 4 is 35.0 Å². The van der Waals surface area contributed by atoms with E-state index in [1.165, 1.54) is 6.33 Å². The van der Waals surface area contributed by atoms with Gasteiger partial charge in [0.1, 0.15) is 6.33 Å². The molecule has 0 radical (unpaired) electrons. The average Bonchev–Trinajstić information content (AvgIpc) is 3.19. The lowest BCUT2D eigenvalue weighted by atomic mass is 10.2. The van der Waals surface area contributed by atoms with Gasteiger partial charge in [0, 0.05) is 21.6 Å². The summed E-state index contributed by atoms with van der Waals surface area (Å²) in [5, 5.41) is 10.9. The topological polar surface area (TPSA) is 83.6 Å². The lowest BCUT2D eigenvalue weighted by Gasteiger charge is -2.03. The van der Waals surface area contributed by atoms with E-state index in [1.807, 2.05) is 23.0 Å². The van der Waals surface area contributed by atoms with Crippen molar-refractivity contribution in [1.82, 2.24) is 20.2 Å². The van der Waals surface area contributed by atoms with Crippen LogP contribution in [0.2, 0.25) is 0 Å². The molecular formula is C13H11N5OS2. The number of nitrogens with zero attached hydrogens (tertiary/aromatic N) is 3. The van der Waals surface area contributed by atoms with Crippen LogP contribution in [0, 0.1) is 0 Å². The van der Waals surface area contributed by atoms with Crippen molar-refractivity contribution in [2.45, 2.75) is 10.6 Å². The van der Waals surface area contributed by atoms with Crippen molar-refractivity contribution < 1.29 is 4.79 Å². The largest absolute Gasteiger partial charge is 0.291 e. The zero-order valence-corrected chi connectivity index (χ0v) is 12.4. The van der Waals surface area contributed by atoms with Crippen LogP contribution in [0.1, 0.15) is 16.1 Å². The van der Waals surface area contributed by atoms with Gasteiger partial charge in [-0.15, -0.1) is 23.1 Å². The summed E-state index contributed by atoms with van der Waals surface area (Å²) in [6.07, 6.45) is 1.34. The third-order valence-electron chi connectivity index (χ3n) is 2.63. The fraction of sp³-hybridized carbons (Fsp3) is 0.0769. The van der Waals surface area contributed by atoms with Gasteiger partial charge in [-0.3, -0.25) is 10.1 Å². The monoisotopic (exact) mass is 317 g/mol. The molecule has 6 nitrogen and oxygen atoms in total. The van der Waals surface area contributed by atoms with Crippen LogP contribution in [0.3, 0.4) is 0 Å². The van der Waals surface area contributed by atoms with Crippen LogP contribution in [-0.2, 0) is 5.75 Å². The van der Waals surface area contributed by atoms with Gasteiger partial charge in [-0.25, -0.2) is 10.1 Å². The Hall–Kier alpha value is -2.19. The number of aromatic nitrogens is 4. The minimum absolute atomic E-state index is 0.220. The standard InChI is InChI=1S/C13H11N5OS2/c19-12(17-13-14-7-16-18-13)9-1-3-11(4-2-9)21-6-10-5-20-8-15-10/h1-5,7-8H,6H2,(H2,14,16,17,18,19). The minimum Gasteiger partial charge on any atom is -0.291 e. The Balaban J connectivity index is 1.59. The predicted octanol–water partition coefficient (Wildman–Crippen LogP) is 2.81. The fourth-order valence-electron chi connectivity index (χ4n) is 1.61. The molecule has 0 saturated carbocycles. The van der Waals surface area contributed by atoms with Crippen molar-refractivity contribution in [2.75, 3.05) is 5.32 Å². The van der Waals surface area contributed by atoms with E-state index < -0.39 is 0 Å². The zero-order chi connectivity index (χ0) is 14.5. The van der Waals surface area contributed by atoms with Crippen molar-refractivity contribution in [3.8, 4) is 0 Å². The average molecular weight is 317 g/mol. The van der Waals surface area contributed by atoms with E-state index in [9.17, 15) is 4.79 Å². The molecule has 0 aliphatic rings. The quantitative estimate of drug-likeness (QED) is 0.707. The van der Waals surface area contributed by atoms with E-state index in [0.717, 1.165) is 16.3 Å². The van der Waals surface area contributed by atoms with E-state index >= 15 is 0 Å². The number of hydrogen-bond donors (Lipinski definition) is 2. The van der Waals surface area contributed by atoms with Crippen molar-refractivity contribution in [3.63, 3.8) is 0 Å².